The second-order valence-corrected chi connectivity index (χ2v) is 6.49. The average molecular weight is 372 g/mol. The number of nitrogens with one attached hydrogen (secondary N) is 1. The molecule has 0 spiro atoms. The van der Waals surface area contributed by atoms with E-state index >= 15 is 0 Å². The standard InChI is InChI=1S/C15H21IN2O/c16-12-7-3-4-8-13(12)18-14(19)15(11-17)9-5-1-2-6-10-15/h3-4,7-8H,1-2,5-6,9-11,17H2,(H,18,19). The lowest BCUT2D eigenvalue weighted by atomic mass is 9.79. The Labute approximate surface area is 128 Å². The number of halogens is 1. The van der Waals surface area contributed by atoms with Crippen molar-refractivity contribution in [1.29, 1.82) is 0 Å². The second-order valence-electron chi connectivity index (χ2n) is 5.33. The fourth-order valence-corrected chi connectivity index (χ4v) is 3.27. The first-order valence-corrected chi connectivity index (χ1v) is 8.02. The van der Waals surface area contributed by atoms with Crippen LogP contribution >= 0.6 is 22.6 Å². The minimum atomic E-state index is -0.366. The highest BCUT2D eigenvalue weighted by molar-refractivity contribution is 14.1. The van der Waals surface area contributed by atoms with E-state index in [1.165, 1.54) is 12.8 Å². The molecular formula is C15H21IN2O. The first-order valence-electron chi connectivity index (χ1n) is 6.94. The van der Waals surface area contributed by atoms with E-state index in [-0.39, 0.29) is 11.3 Å². The van der Waals surface area contributed by atoms with E-state index in [1.807, 2.05) is 24.3 Å². The van der Waals surface area contributed by atoms with Crippen LogP contribution < -0.4 is 11.1 Å². The van der Waals surface area contributed by atoms with Crippen molar-refractivity contribution in [3.8, 4) is 0 Å². The minimum absolute atomic E-state index is 0.0982. The van der Waals surface area contributed by atoms with Crippen LogP contribution in [0.5, 0.6) is 0 Å². The zero-order valence-electron chi connectivity index (χ0n) is 11.1. The van der Waals surface area contributed by atoms with Crippen molar-refractivity contribution in [1.82, 2.24) is 0 Å². The number of para-hydroxylation sites is 1. The van der Waals surface area contributed by atoms with Crippen molar-refractivity contribution >= 4 is 34.2 Å². The molecule has 3 N–H and O–H groups in total. The summed E-state index contributed by atoms with van der Waals surface area (Å²) < 4.78 is 1.06. The highest BCUT2D eigenvalue weighted by Gasteiger charge is 2.37. The third kappa shape index (κ3) is 3.48. The van der Waals surface area contributed by atoms with Gasteiger partial charge in [0.05, 0.1) is 11.1 Å². The maximum absolute atomic E-state index is 12.6. The Bertz CT molecular complexity index is 440. The minimum Gasteiger partial charge on any atom is -0.329 e. The quantitative estimate of drug-likeness (QED) is 0.630. The van der Waals surface area contributed by atoms with Gasteiger partial charge in [0.2, 0.25) is 5.91 Å². The third-order valence-corrected chi connectivity index (χ3v) is 5.00. The summed E-state index contributed by atoms with van der Waals surface area (Å²) in [6.45, 7) is 0.447. The van der Waals surface area contributed by atoms with Crippen molar-refractivity contribution in [3.63, 3.8) is 0 Å². The Kier molecular flexibility index (Phi) is 5.21. The van der Waals surface area contributed by atoms with Crippen LogP contribution in [-0.2, 0) is 4.79 Å². The number of carbonyl (C=O) groups excluding carboxylic acids is 1. The van der Waals surface area contributed by atoms with E-state index in [0.717, 1.165) is 34.9 Å². The first kappa shape index (κ1) is 14.8. The molecule has 0 heterocycles. The van der Waals surface area contributed by atoms with Crippen molar-refractivity contribution in [3.05, 3.63) is 27.8 Å². The summed E-state index contributed by atoms with van der Waals surface area (Å²) in [5.74, 6) is 0.0982. The molecule has 3 nitrogen and oxygen atoms in total. The number of benzene rings is 1. The summed E-state index contributed by atoms with van der Waals surface area (Å²) >= 11 is 2.24. The van der Waals surface area contributed by atoms with E-state index < -0.39 is 0 Å². The number of amides is 1. The summed E-state index contributed by atoms with van der Waals surface area (Å²) in [5.41, 5.74) is 6.47. The molecule has 1 amide bonds. The van der Waals surface area contributed by atoms with Crippen molar-refractivity contribution in [2.75, 3.05) is 11.9 Å². The van der Waals surface area contributed by atoms with Crippen molar-refractivity contribution < 1.29 is 4.79 Å². The van der Waals surface area contributed by atoms with Gasteiger partial charge in [-0.25, -0.2) is 0 Å². The Morgan fingerprint density at radius 2 is 1.84 bits per heavy atom. The Balaban J connectivity index is 2.14. The summed E-state index contributed by atoms with van der Waals surface area (Å²) in [6, 6.07) is 7.86. The topological polar surface area (TPSA) is 55.1 Å². The van der Waals surface area contributed by atoms with Gasteiger partial charge in [-0.05, 0) is 47.6 Å². The maximum Gasteiger partial charge on any atom is 0.231 e. The normalized spacial score (nSPS) is 18.6. The van der Waals surface area contributed by atoms with Gasteiger partial charge >= 0.3 is 0 Å². The van der Waals surface area contributed by atoms with E-state index in [4.69, 9.17) is 5.73 Å². The maximum atomic E-state index is 12.6. The predicted molar refractivity (Wildman–Crippen MR) is 87.0 cm³/mol. The lowest BCUT2D eigenvalue weighted by Crippen LogP contribution is -2.42. The van der Waals surface area contributed by atoms with Crippen LogP contribution in [-0.4, -0.2) is 12.5 Å². The molecule has 1 aromatic rings. The van der Waals surface area contributed by atoms with Gasteiger partial charge in [-0.2, -0.15) is 0 Å². The molecule has 2 rings (SSSR count). The summed E-state index contributed by atoms with van der Waals surface area (Å²) in [6.07, 6.45) is 6.49. The number of hydrogen-bond donors (Lipinski definition) is 2. The van der Waals surface area contributed by atoms with Gasteiger partial charge in [0.1, 0.15) is 0 Å². The molecule has 1 saturated carbocycles. The zero-order chi connectivity index (χ0) is 13.7. The van der Waals surface area contributed by atoms with Gasteiger partial charge in [-0.15, -0.1) is 0 Å². The predicted octanol–water partition coefficient (Wildman–Crippen LogP) is 3.53. The van der Waals surface area contributed by atoms with Gasteiger partial charge in [-0.3, -0.25) is 4.79 Å². The molecule has 1 aromatic carbocycles. The number of rotatable bonds is 3. The first-order chi connectivity index (χ1) is 9.18. The van der Waals surface area contributed by atoms with E-state index in [9.17, 15) is 4.79 Å². The van der Waals surface area contributed by atoms with Gasteiger partial charge in [-0.1, -0.05) is 37.8 Å². The van der Waals surface area contributed by atoms with Gasteiger partial charge < -0.3 is 11.1 Å². The molecule has 1 aliphatic rings. The molecule has 0 unspecified atom stereocenters. The van der Waals surface area contributed by atoms with E-state index in [0.29, 0.717) is 6.54 Å². The molecule has 0 saturated heterocycles. The van der Waals surface area contributed by atoms with Crippen molar-refractivity contribution in [2.45, 2.75) is 38.5 Å². The lowest BCUT2D eigenvalue weighted by molar-refractivity contribution is -0.125. The van der Waals surface area contributed by atoms with Crippen LogP contribution in [0, 0.1) is 8.99 Å². The molecule has 1 aliphatic carbocycles. The monoisotopic (exact) mass is 372 g/mol. The molecule has 1 fully saturated rings. The van der Waals surface area contributed by atoms with Gasteiger partial charge in [0, 0.05) is 10.1 Å². The third-order valence-electron chi connectivity index (χ3n) is 4.06. The van der Waals surface area contributed by atoms with Crippen LogP contribution in [0.25, 0.3) is 0 Å². The largest absolute Gasteiger partial charge is 0.329 e. The molecule has 4 heteroatoms. The fourth-order valence-electron chi connectivity index (χ4n) is 2.75. The number of nitrogens with two attached hydrogens (primary N) is 1. The molecule has 104 valence electrons. The zero-order valence-corrected chi connectivity index (χ0v) is 13.3. The molecule has 0 aliphatic heterocycles. The Hall–Kier alpha value is -0.620. The lowest BCUT2D eigenvalue weighted by Gasteiger charge is -2.30. The van der Waals surface area contributed by atoms with Crippen LogP contribution in [0.15, 0.2) is 24.3 Å². The van der Waals surface area contributed by atoms with E-state index in [1.54, 1.807) is 0 Å². The van der Waals surface area contributed by atoms with Gasteiger partial charge in [0.25, 0.3) is 0 Å². The van der Waals surface area contributed by atoms with Crippen molar-refractivity contribution in [2.24, 2.45) is 11.1 Å². The summed E-state index contributed by atoms with van der Waals surface area (Å²) in [5, 5.41) is 3.07. The summed E-state index contributed by atoms with van der Waals surface area (Å²) in [4.78, 5) is 12.6. The van der Waals surface area contributed by atoms with Crippen LogP contribution in [0.4, 0.5) is 5.69 Å². The van der Waals surface area contributed by atoms with Crippen LogP contribution in [0.3, 0.4) is 0 Å². The molecule has 0 bridgehead atoms. The molecular weight excluding hydrogens is 351 g/mol. The highest BCUT2D eigenvalue weighted by Crippen LogP contribution is 2.35. The summed E-state index contributed by atoms with van der Waals surface area (Å²) in [7, 11) is 0. The van der Waals surface area contributed by atoms with Crippen LogP contribution in [0.1, 0.15) is 38.5 Å². The number of carbonyl (C=O) groups is 1. The Morgan fingerprint density at radius 1 is 1.21 bits per heavy atom. The molecule has 0 radical (unpaired) electrons. The van der Waals surface area contributed by atoms with E-state index in [2.05, 4.69) is 27.9 Å². The highest BCUT2D eigenvalue weighted by atomic mass is 127. The molecule has 19 heavy (non-hydrogen) atoms. The van der Waals surface area contributed by atoms with Crippen LogP contribution in [0.2, 0.25) is 0 Å². The molecule has 0 atom stereocenters. The average Bonchev–Trinajstić information content (AvgIpc) is 2.67. The fraction of sp³-hybridized carbons (Fsp3) is 0.533. The number of hydrogen-bond acceptors (Lipinski definition) is 2. The Morgan fingerprint density at radius 3 is 2.42 bits per heavy atom. The smallest absolute Gasteiger partial charge is 0.231 e. The molecule has 0 aromatic heterocycles. The SMILES string of the molecule is NCC1(C(=O)Nc2ccccc2I)CCCCCC1. The van der Waals surface area contributed by atoms with Gasteiger partial charge in [0.15, 0.2) is 0 Å². The second kappa shape index (κ2) is 6.70. The number of anilines is 1.